The van der Waals surface area contributed by atoms with E-state index >= 15 is 0 Å². The number of piperidine rings is 1. The van der Waals surface area contributed by atoms with E-state index in [1.165, 1.54) is 0 Å². The van der Waals surface area contributed by atoms with Crippen molar-refractivity contribution in [3.05, 3.63) is 75.5 Å². The zero-order valence-corrected chi connectivity index (χ0v) is 24.7. The monoisotopic (exact) mass is 583 g/mol. The third-order valence-corrected chi connectivity index (χ3v) is 7.62. The molecule has 0 bridgehead atoms. The number of halogens is 2. The number of benzene rings is 2. The van der Waals surface area contributed by atoms with Gasteiger partial charge in [-0.1, -0.05) is 41.4 Å². The van der Waals surface area contributed by atoms with Gasteiger partial charge >= 0.3 is 5.97 Å². The van der Waals surface area contributed by atoms with Gasteiger partial charge in [0.05, 0.1) is 17.6 Å². The average Bonchev–Trinajstić information content (AvgIpc) is 2.92. The van der Waals surface area contributed by atoms with Gasteiger partial charge in [0.2, 0.25) is 0 Å². The third-order valence-electron chi connectivity index (χ3n) is 6.91. The molecule has 1 unspecified atom stereocenters. The Morgan fingerprint density at radius 1 is 1.10 bits per heavy atom. The van der Waals surface area contributed by atoms with Gasteiger partial charge in [0.1, 0.15) is 17.5 Å². The minimum atomic E-state index is -0.561. The fourth-order valence-corrected chi connectivity index (χ4v) is 5.32. The Kier molecular flexibility index (Phi) is 9.33. The highest BCUT2D eigenvalue weighted by Crippen LogP contribution is 2.27. The summed E-state index contributed by atoms with van der Waals surface area (Å²) in [4.78, 5) is 36.6. The molecule has 40 heavy (non-hydrogen) atoms. The van der Waals surface area contributed by atoms with Crippen LogP contribution in [0.25, 0.3) is 11.3 Å². The van der Waals surface area contributed by atoms with Crippen LogP contribution in [0.2, 0.25) is 10.0 Å². The number of nitrogens with zero attached hydrogens (tertiary/aromatic N) is 3. The van der Waals surface area contributed by atoms with E-state index in [4.69, 9.17) is 38.7 Å². The van der Waals surface area contributed by atoms with Crippen LogP contribution in [0.4, 0.5) is 5.82 Å². The Bertz CT molecular complexity index is 1350. The molecule has 2 heterocycles. The Balaban J connectivity index is 1.43. The topological polar surface area (TPSA) is 110 Å². The summed E-state index contributed by atoms with van der Waals surface area (Å²) in [5.41, 5.74) is 9.06. The fourth-order valence-electron chi connectivity index (χ4n) is 4.73. The highest BCUT2D eigenvalue weighted by Gasteiger charge is 2.33. The molecule has 1 aromatic heterocycles. The standard InChI is InChI=1S/C30H35Cl2N5O3/c1-30(2,3)40-29(39)25-16-20(14-15-34-25)37(4)28(38)19-10-8-18(9-11-19)26-17-35-27(33)24(36-26)13-12-21-22(31)6-5-7-23(21)32/h5-11,17,20,25,34H,12-16H2,1-4H3,(H2,33,35)/t20?,25-/m1/s1. The lowest BCUT2D eigenvalue weighted by molar-refractivity contribution is -0.158. The second kappa shape index (κ2) is 12.5. The van der Waals surface area contributed by atoms with Crippen LogP contribution in [0.5, 0.6) is 0 Å². The molecule has 212 valence electrons. The van der Waals surface area contributed by atoms with Crippen molar-refractivity contribution < 1.29 is 14.3 Å². The molecule has 2 aromatic carbocycles. The number of carbonyl (C=O) groups is 2. The largest absolute Gasteiger partial charge is 0.459 e. The lowest BCUT2D eigenvalue weighted by Gasteiger charge is -2.36. The van der Waals surface area contributed by atoms with E-state index in [1.807, 2.05) is 39.0 Å². The van der Waals surface area contributed by atoms with Crippen LogP contribution in [0.1, 0.15) is 55.2 Å². The quantitative estimate of drug-likeness (QED) is 0.360. The first-order chi connectivity index (χ1) is 18.9. The van der Waals surface area contributed by atoms with Crippen LogP contribution < -0.4 is 11.1 Å². The molecule has 1 amide bonds. The molecule has 8 nitrogen and oxygen atoms in total. The number of amides is 1. The van der Waals surface area contributed by atoms with Gasteiger partial charge in [-0.15, -0.1) is 0 Å². The maximum Gasteiger partial charge on any atom is 0.323 e. The predicted octanol–water partition coefficient (Wildman–Crippen LogP) is 5.35. The minimum absolute atomic E-state index is 0.0805. The van der Waals surface area contributed by atoms with Gasteiger partial charge in [-0.2, -0.15) is 0 Å². The van der Waals surface area contributed by atoms with E-state index in [2.05, 4.69) is 10.3 Å². The first kappa shape index (κ1) is 29.8. The zero-order valence-electron chi connectivity index (χ0n) is 23.2. The first-order valence-electron chi connectivity index (χ1n) is 13.3. The number of aromatic nitrogens is 2. The van der Waals surface area contributed by atoms with Crippen molar-refractivity contribution in [1.29, 1.82) is 0 Å². The van der Waals surface area contributed by atoms with Gasteiger partial charge in [0.25, 0.3) is 5.91 Å². The summed E-state index contributed by atoms with van der Waals surface area (Å²) in [7, 11) is 1.78. The summed E-state index contributed by atoms with van der Waals surface area (Å²) >= 11 is 12.6. The predicted molar refractivity (Wildman–Crippen MR) is 159 cm³/mol. The molecule has 3 aromatic rings. The molecule has 1 aliphatic rings. The number of ether oxygens (including phenoxy) is 1. The van der Waals surface area contributed by atoms with Crippen molar-refractivity contribution in [3.8, 4) is 11.3 Å². The Morgan fingerprint density at radius 2 is 1.77 bits per heavy atom. The van der Waals surface area contributed by atoms with Crippen molar-refractivity contribution >= 4 is 40.9 Å². The molecular weight excluding hydrogens is 549 g/mol. The summed E-state index contributed by atoms with van der Waals surface area (Å²) in [6.45, 7) is 6.17. The second-order valence-electron chi connectivity index (χ2n) is 11.0. The number of aryl methyl sites for hydroxylation is 1. The van der Waals surface area contributed by atoms with Crippen molar-refractivity contribution in [2.24, 2.45) is 0 Å². The Hall–Kier alpha value is -3.20. The average molecular weight is 585 g/mol. The molecule has 3 N–H and O–H groups in total. The number of nitrogen functional groups attached to an aromatic ring is 1. The highest BCUT2D eigenvalue weighted by atomic mass is 35.5. The molecule has 0 saturated carbocycles. The zero-order chi connectivity index (χ0) is 29.0. The molecule has 4 rings (SSSR count). The second-order valence-corrected chi connectivity index (χ2v) is 11.8. The molecule has 1 aliphatic heterocycles. The molecule has 1 saturated heterocycles. The molecule has 2 atom stereocenters. The highest BCUT2D eigenvalue weighted by molar-refractivity contribution is 6.36. The van der Waals surface area contributed by atoms with E-state index in [1.54, 1.807) is 42.4 Å². The van der Waals surface area contributed by atoms with Crippen LogP contribution >= 0.6 is 23.2 Å². The summed E-state index contributed by atoms with van der Waals surface area (Å²) in [6, 6.07) is 12.2. The number of nitrogens with two attached hydrogens (primary N) is 1. The number of nitrogens with one attached hydrogen (secondary N) is 1. The van der Waals surface area contributed by atoms with Crippen LogP contribution in [-0.2, 0) is 22.4 Å². The summed E-state index contributed by atoms with van der Waals surface area (Å²) in [6.07, 6.45) is 3.97. The number of esters is 1. The van der Waals surface area contributed by atoms with Crippen molar-refractivity contribution in [2.45, 2.75) is 64.1 Å². The molecule has 1 fully saturated rings. The number of rotatable bonds is 7. The molecule has 0 spiro atoms. The summed E-state index contributed by atoms with van der Waals surface area (Å²) in [5.74, 6) is -0.0459. The molecular formula is C30H35Cl2N5O3. The van der Waals surface area contributed by atoms with Gasteiger partial charge in [0, 0.05) is 34.3 Å². The molecule has 0 radical (unpaired) electrons. The van der Waals surface area contributed by atoms with E-state index in [0.717, 1.165) is 17.5 Å². The number of hydrogen-bond donors (Lipinski definition) is 2. The SMILES string of the molecule is CN(C(=O)c1ccc(-c2cnc(N)c(CCc3c(Cl)cccc3Cl)n2)cc1)C1CCN[C@@H](C(=O)OC(C)(C)C)C1. The summed E-state index contributed by atoms with van der Waals surface area (Å²) in [5, 5.41) is 4.42. The third kappa shape index (κ3) is 7.30. The Morgan fingerprint density at radius 3 is 2.42 bits per heavy atom. The number of carbonyl (C=O) groups excluding carboxylic acids is 2. The lowest BCUT2D eigenvalue weighted by Crippen LogP contribution is -2.52. The van der Waals surface area contributed by atoms with E-state index in [9.17, 15) is 9.59 Å². The van der Waals surface area contributed by atoms with Crippen molar-refractivity contribution in [2.75, 3.05) is 19.3 Å². The van der Waals surface area contributed by atoms with Crippen LogP contribution in [0, 0.1) is 0 Å². The maximum absolute atomic E-state index is 13.3. The van der Waals surface area contributed by atoms with Gasteiger partial charge in [-0.25, -0.2) is 9.97 Å². The van der Waals surface area contributed by atoms with Crippen molar-refractivity contribution in [1.82, 2.24) is 20.2 Å². The molecule has 0 aliphatic carbocycles. The van der Waals surface area contributed by atoms with E-state index in [0.29, 0.717) is 58.6 Å². The number of hydrogen-bond acceptors (Lipinski definition) is 7. The van der Waals surface area contributed by atoms with Gasteiger partial charge in [-0.05, 0) is 82.8 Å². The maximum atomic E-state index is 13.3. The van der Waals surface area contributed by atoms with Gasteiger partial charge in [-0.3, -0.25) is 9.59 Å². The fraction of sp³-hybridized carbons (Fsp3) is 0.400. The van der Waals surface area contributed by atoms with E-state index < -0.39 is 11.6 Å². The number of anilines is 1. The van der Waals surface area contributed by atoms with Crippen LogP contribution in [0.3, 0.4) is 0 Å². The normalized spacial score (nSPS) is 17.4. The van der Waals surface area contributed by atoms with Crippen LogP contribution in [0.15, 0.2) is 48.7 Å². The van der Waals surface area contributed by atoms with Crippen LogP contribution in [-0.4, -0.2) is 58.0 Å². The Labute approximate surface area is 245 Å². The first-order valence-corrected chi connectivity index (χ1v) is 14.1. The minimum Gasteiger partial charge on any atom is -0.459 e. The smallest absolute Gasteiger partial charge is 0.323 e. The van der Waals surface area contributed by atoms with Gasteiger partial charge in [0.15, 0.2) is 0 Å². The summed E-state index contributed by atoms with van der Waals surface area (Å²) < 4.78 is 5.53. The van der Waals surface area contributed by atoms with Gasteiger partial charge < -0.3 is 20.7 Å². The van der Waals surface area contributed by atoms with Crippen molar-refractivity contribution in [3.63, 3.8) is 0 Å². The van der Waals surface area contributed by atoms with E-state index in [-0.39, 0.29) is 17.9 Å². The molecule has 10 heteroatoms. The lowest BCUT2D eigenvalue weighted by atomic mass is 9.97.